The highest BCUT2D eigenvalue weighted by Gasteiger charge is 2.32. The SMILES string of the molecule is CCC(C)(OC)c1nc(C2COCCN2)no1. The van der Waals surface area contributed by atoms with Crippen LogP contribution in [0.15, 0.2) is 4.52 Å². The molecular formula is C11H19N3O3. The molecule has 1 fully saturated rings. The largest absolute Gasteiger partial charge is 0.378 e. The van der Waals surface area contributed by atoms with Crippen molar-refractivity contribution in [3.05, 3.63) is 11.7 Å². The van der Waals surface area contributed by atoms with E-state index < -0.39 is 5.60 Å². The van der Waals surface area contributed by atoms with E-state index in [-0.39, 0.29) is 6.04 Å². The molecule has 0 spiro atoms. The van der Waals surface area contributed by atoms with Gasteiger partial charge in [0.15, 0.2) is 5.82 Å². The fourth-order valence-corrected chi connectivity index (χ4v) is 1.71. The number of rotatable bonds is 4. The van der Waals surface area contributed by atoms with Gasteiger partial charge < -0.3 is 19.3 Å². The van der Waals surface area contributed by atoms with Crippen LogP contribution < -0.4 is 5.32 Å². The zero-order valence-electron chi connectivity index (χ0n) is 10.5. The smallest absolute Gasteiger partial charge is 0.258 e. The van der Waals surface area contributed by atoms with Crippen molar-refractivity contribution in [3.8, 4) is 0 Å². The molecule has 2 atom stereocenters. The van der Waals surface area contributed by atoms with Crippen LogP contribution in [0, 0.1) is 0 Å². The zero-order chi connectivity index (χ0) is 12.3. The first-order valence-corrected chi connectivity index (χ1v) is 5.90. The highest BCUT2D eigenvalue weighted by molar-refractivity contribution is 5.01. The molecule has 1 aliphatic heterocycles. The third kappa shape index (κ3) is 2.48. The molecule has 1 saturated heterocycles. The molecule has 1 aromatic heterocycles. The molecule has 1 aliphatic rings. The topological polar surface area (TPSA) is 69.4 Å². The Hall–Kier alpha value is -0.980. The summed E-state index contributed by atoms with van der Waals surface area (Å²) < 4.78 is 16.1. The second-order valence-corrected chi connectivity index (χ2v) is 4.33. The molecular weight excluding hydrogens is 222 g/mol. The van der Waals surface area contributed by atoms with E-state index in [9.17, 15) is 0 Å². The van der Waals surface area contributed by atoms with Gasteiger partial charge in [0, 0.05) is 13.7 Å². The van der Waals surface area contributed by atoms with Crippen LogP contribution in [0.1, 0.15) is 38.0 Å². The Morgan fingerprint density at radius 2 is 2.41 bits per heavy atom. The Morgan fingerprint density at radius 3 is 3.00 bits per heavy atom. The number of methoxy groups -OCH3 is 1. The summed E-state index contributed by atoms with van der Waals surface area (Å²) in [5.41, 5.74) is -0.513. The Bertz CT molecular complexity index is 357. The lowest BCUT2D eigenvalue weighted by Crippen LogP contribution is -2.35. The van der Waals surface area contributed by atoms with Crippen LogP contribution >= 0.6 is 0 Å². The number of nitrogens with zero attached hydrogens (tertiary/aromatic N) is 2. The van der Waals surface area contributed by atoms with Gasteiger partial charge >= 0.3 is 0 Å². The van der Waals surface area contributed by atoms with Gasteiger partial charge in [0.1, 0.15) is 5.60 Å². The van der Waals surface area contributed by atoms with E-state index in [0.29, 0.717) is 18.3 Å². The molecule has 1 aromatic rings. The molecule has 96 valence electrons. The molecule has 2 rings (SSSR count). The average Bonchev–Trinajstić information content (AvgIpc) is 2.89. The predicted molar refractivity (Wildman–Crippen MR) is 60.5 cm³/mol. The van der Waals surface area contributed by atoms with Crippen LogP contribution in [0.4, 0.5) is 0 Å². The summed E-state index contributed by atoms with van der Waals surface area (Å²) >= 11 is 0. The summed E-state index contributed by atoms with van der Waals surface area (Å²) in [6.45, 7) is 6.08. The van der Waals surface area contributed by atoms with Gasteiger partial charge in [-0.3, -0.25) is 0 Å². The average molecular weight is 241 g/mol. The molecule has 0 amide bonds. The minimum Gasteiger partial charge on any atom is -0.378 e. The van der Waals surface area contributed by atoms with E-state index in [1.54, 1.807) is 7.11 Å². The number of aromatic nitrogens is 2. The van der Waals surface area contributed by atoms with E-state index in [4.69, 9.17) is 14.0 Å². The van der Waals surface area contributed by atoms with Gasteiger partial charge in [-0.05, 0) is 13.3 Å². The van der Waals surface area contributed by atoms with Crippen molar-refractivity contribution in [2.24, 2.45) is 0 Å². The lowest BCUT2D eigenvalue weighted by atomic mass is 10.0. The lowest BCUT2D eigenvalue weighted by Gasteiger charge is -2.22. The van der Waals surface area contributed by atoms with E-state index in [0.717, 1.165) is 19.6 Å². The van der Waals surface area contributed by atoms with Crippen LogP contribution in [0.2, 0.25) is 0 Å². The van der Waals surface area contributed by atoms with Crippen LogP contribution in [0.3, 0.4) is 0 Å². The monoisotopic (exact) mass is 241 g/mol. The van der Waals surface area contributed by atoms with E-state index in [1.165, 1.54) is 0 Å². The fraction of sp³-hybridized carbons (Fsp3) is 0.818. The summed E-state index contributed by atoms with van der Waals surface area (Å²) in [5, 5.41) is 7.28. The molecule has 2 unspecified atom stereocenters. The first-order valence-electron chi connectivity index (χ1n) is 5.90. The van der Waals surface area contributed by atoms with Crippen LogP contribution in [0.25, 0.3) is 0 Å². The summed E-state index contributed by atoms with van der Waals surface area (Å²) in [6, 6.07) is 0.0132. The highest BCUT2D eigenvalue weighted by Crippen LogP contribution is 2.27. The van der Waals surface area contributed by atoms with Gasteiger partial charge in [0.2, 0.25) is 0 Å². The van der Waals surface area contributed by atoms with E-state index >= 15 is 0 Å². The second-order valence-electron chi connectivity index (χ2n) is 4.33. The molecule has 0 bridgehead atoms. The van der Waals surface area contributed by atoms with Gasteiger partial charge in [-0.25, -0.2) is 0 Å². The third-order valence-electron chi connectivity index (χ3n) is 3.25. The van der Waals surface area contributed by atoms with Crippen molar-refractivity contribution in [1.29, 1.82) is 0 Å². The second kappa shape index (κ2) is 5.12. The summed E-state index contributed by atoms with van der Waals surface area (Å²) in [7, 11) is 1.65. The fourth-order valence-electron chi connectivity index (χ4n) is 1.71. The summed E-state index contributed by atoms with van der Waals surface area (Å²) in [6.07, 6.45) is 0.778. The molecule has 0 aromatic carbocycles. The van der Waals surface area contributed by atoms with Gasteiger partial charge in [-0.2, -0.15) is 4.98 Å². The van der Waals surface area contributed by atoms with Crippen molar-refractivity contribution in [2.45, 2.75) is 31.9 Å². The predicted octanol–water partition coefficient (Wildman–Crippen LogP) is 1.00. The molecule has 6 heteroatoms. The zero-order valence-corrected chi connectivity index (χ0v) is 10.5. The van der Waals surface area contributed by atoms with E-state index in [1.807, 2.05) is 13.8 Å². The van der Waals surface area contributed by atoms with Crippen molar-refractivity contribution >= 4 is 0 Å². The van der Waals surface area contributed by atoms with Crippen LogP contribution in [0.5, 0.6) is 0 Å². The van der Waals surface area contributed by atoms with Crippen molar-refractivity contribution < 1.29 is 14.0 Å². The number of hydrogen-bond acceptors (Lipinski definition) is 6. The first-order chi connectivity index (χ1) is 8.19. The van der Waals surface area contributed by atoms with Crippen molar-refractivity contribution in [2.75, 3.05) is 26.9 Å². The Morgan fingerprint density at radius 1 is 1.59 bits per heavy atom. The minimum absolute atomic E-state index is 0.0132. The van der Waals surface area contributed by atoms with Crippen molar-refractivity contribution in [3.63, 3.8) is 0 Å². The normalized spacial score (nSPS) is 24.5. The number of morpholine rings is 1. The maximum Gasteiger partial charge on any atom is 0.258 e. The maximum absolute atomic E-state index is 5.43. The van der Waals surface area contributed by atoms with Crippen LogP contribution in [-0.4, -0.2) is 37.0 Å². The molecule has 0 saturated carbocycles. The number of ether oxygens (including phenoxy) is 2. The van der Waals surface area contributed by atoms with E-state index in [2.05, 4.69) is 15.5 Å². The standard InChI is InChI=1S/C11H19N3O3/c1-4-11(2,15-3)10-13-9(14-17-10)8-7-16-6-5-12-8/h8,12H,4-7H2,1-3H3. The highest BCUT2D eigenvalue weighted by atomic mass is 16.5. The summed E-state index contributed by atoms with van der Waals surface area (Å²) in [4.78, 5) is 4.40. The van der Waals surface area contributed by atoms with Gasteiger partial charge in [-0.1, -0.05) is 12.1 Å². The molecule has 2 heterocycles. The minimum atomic E-state index is -0.513. The van der Waals surface area contributed by atoms with Gasteiger partial charge in [-0.15, -0.1) is 0 Å². The third-order valence-corrected chi connectivity index (χ3v) is 3.25. The first kappa shape index (κ1) is 12.5. The van der Waals surface area contributed by atoms with Crippen molar-refractivity contribution in [1.82, 2.24) is 15.5 Å². The molecule has 6 nitrogen and oxygen atoms in total. The Balaban J connectivity index is 2.14. The maximum atomic E-state index is 5.43. The number of hydrogen-bond donors (Lipinski definition) is 1. The van der Waals surface area contributed by atoms with Crippen LogP contribution in [-0.2, 0) is 15.1 Å². The lowest BCUT2D eigenvalue weighted by molar-refractivity contribution is -0.0272. The molecule has 17 heavy (non-hydrogen) atoms. The number of nitrogens with one attached hydrogen (secondary N) is 1. The Labute approximate surface area is 101 Å². The summed E-state index contributed by atoms with van der Waals surface area (Å²) in [5.74, 6) is 1.15. The molecule has 0 aliphatic carbocycles. The molecule has 0 radical (unpaired) electrons. The van der Waals surface area contributed by atoms with Gasteiger partial charge in [0.25, 0.3) is 5.89 Å². The Kier molecular flexibility index (Phi) is 3.76. The van der Waals surface area contributed by atoms with Gasteiger partial charge in [0.05, 0.1) is 19.3 Å². The quantitative estimate of drug-likeness (QED) is 0.848. The molecule has 1 N–H and O–H groups in total.